The fraction of sp³-hybridized carbons (Fsp3) is 0.391. The second-order valence-electron chi connectivity index (χ2n) is 8.19. The van der Waals surface area contributed by atoms with E-state index in [4.69, 9.17) is 9.47 Å². The van der Waals surface area contributed by atoms with Crippen molar-refractivity contribution in [3.05, 3.63) is 53.6 Å². The number of carbonyl (C=O) groups excluding carboxylic acids is 2. The highest BCUT2D eigenvalue weighted by molar-refractivity contribution is 7.89. The number of hydrogen-bond donors (Lipinski definition) is 1. The number of benzene rings is 2. The molecule has 1 N–H and O–H groups in total. The number of ether oxygens (including phenoxy) is 2. The minimum absolute atomic E-state index is 0.121. The van der Waals surface area contributed by atoms with Crippen molar-refractivity contribution in [3.8, 4) is 11.5 Å². The molecule has 0 saturated carbocycles. The third-order valence-electron chi connectivity index (χ3n) is 5.60. The van der Waals surface area contributed by atoms with Crippen LogP contribution in [0.1, 0.15) is 25.0 Å². The van der Waals surface area contributed by atoms with Crippen LogP contribution >= 0.6 is 0 Å². The molecule has 9 heteroatoms. The van der Waals surface area contributed by atoms with E-state index in [2.05, 4.69) is 5.32 Å². The van der Waals surface area contributed by atoms with Gasteiger partial charge in [0.25, 0.3) is 0 Å². The van der Waals surface area contributed by atoms with Crippen LogP contribution in [0.25, 0.3) is 0 Å². The molecule has 2 atom stereocenters. The molecular formula is C23H26N2O6S. The molecule has 8 nitrogen and oxygen atoms in total. The van der Waals surface area contributed by atoms with Gasteiger partial charge in [-0.05, 0) is 43.9 Å². The lowest BCUT2D eigenvalue weighted by Gasteiger charge is -2.38. The van der Waals surface area contributed by atoms with Gasteiger partial charge in [0.1, 0.15) is 25.5 Å². The largest absolute Gasteiger partial charge is 0.486 e. The van der Waals surface area contributed by atoms with Crippen LogP contribution in [0.3, 0.4) is 0 Å². The molecule has 2 aromatic rings. The number of aldehydes is 1. The number of carbonyl (C=O) groups is 2. The van der Waals surface area contributed by atoms with E-state index in [1.54, 1.807) is 19.9 Å². The summed E-state index contributed by atoms with van der Waals surface area (Å²) < 4.78 is 39.3. The summed E-state index contributed by atoms with van der Waals surface area (Å²) in [5.41, 5.74) is 1.40. The van der Waals surface area contributed by atoms with Crippen molar-refractivity contribution < 1.29 is 27.5 Å². The first-order valence-corrected chi connectivity index (χ1v) is 12.0. The van der Waals surface area contributed by atoms with E-state index in [1.807, 2.05) is 30.3 Å². The van der Waals surface area contributed by atoms with Crippen LogP contribution in [0.2, 0.25) is 0 Å². The number of hydrogen-bond acceptors (Lipinski definition) is 6. The van der Waals surface area contributed by atoms with Crippen molar-refractivity contribution in [3.63, 3.8) is 0 Å². The van der Waals surface area contributed by atoms with Gasteiger partial charge in [0, 0.05) is 12.1 Å². The van der Waals surface area contributed by atoms with E-state index in [0.717, 1.165) is 5.56 Å². The van der Waals surface area contributed by atoms with Crippen LogP contribution < -0.4 is 14.8 Å². The van der Waals surface area contributed by atoms with E-state index in [-0.39, 0.29) is 11.3 Å². The molecular weight excluding hydrogens is 432 g/mol. The Morgan fingerprint density at radius 2 is 1.81 bits per heavy atom. The molecule has 2 aromatic carbocycles. The highest BCUT2D eigenvalue weighted by Gasteiger charge is 2.44. The first-order valence-electron chi connectivity index (χ1n) is 10.6. The number of sulfonamides is 1. The van der Waals surface area contributed by atoms with Gasteiger partial charge in [0.15, 0.2) is 11.5 Å². The molecule has 170 valence electrons. The number of fused-ring (bicyclic) bond motifs is 2. The highest BCUT2D eigenvalue weighted by atomic mass is 32.2. The molecule has 1 amide bonds. The minimum atomic E-state index is -3.96. The third kappa shape index (κ3) is 4.22. The molecule has 0 bridgehead atoms. The molecule has 32 heavy (non-hydrogen) atoms. The topological polar surface area (TPSA) is 102 Å². The second kappa shape index (κ2) is 8.91. The fourth-order valence-corrected chi connectivity index (χ4v) is 6.23. The Bertz CT molecular complexity index is 1120. The average molecular weight is 459 g/mol. The highest BCUT2D eigenvalue weighted by Crippen LogP contribution is 2.40. The van der Waals surface area contributed by atoms with Crippen LogP contribution in [-0.2, 0) is 32.5 Å². The molecule has 0 spiro atoms. The van der Waals surface area contributed by atoms with Gasteiger partial charge in [-0.15, -0.1) is 0 Å². The first kappa shape index (κ1) is 22.3. The second-order valence-corrected chi connectivity index (χ2v) is 10.0. The van der Waals surface area contributed by atoms with Crippen LogP contribution in [0.4, 0.5) is 0 Å². The summed E-state index contributed by atoms with van der Waals surface area (Å²) in [5.74, 6) is 0.349. The van der Waals surface area contributed by atoms with Gasteiger partial charge in [-0.1, -0.05) is 30.3 Å². The van der Waals surface area contributed by atoms with E-state index in [9.17, 15) is 18.0 Å². The molecule has 2 aliphatic rings. The maximum atomic E-state index is 13.5. The zero-order chi connectivity index (χ0) is 22.9. The molecule has 0 fully saturated rings. The minimum Gasteiger partial charge on any atom is -0.486 e. The molecule has 0 radical (unpaired) electrons. The van der Waals surface area contributed by atoms with Crippen molar-refractivity contribution in [2.24, 2.45) is 0 Å². The van der Waals surface area contributed by atoms with E-state index >= 15 is 0 Å². The average Bonchev–Trinajstić information content (AvgIpc) is 2.77. The third-order valence-corrected chi connectivity index (χ3v) is 7.77. The summed E-state index contributed by atoms with van der Waals surface area (Å²) in [6.45, 7) is 4.17. The van der Waals surface area contributed by atoms with E-state index in [1.165, 1.54) is 10.4 Å². The van der Waals surface area contributed by atoms with Crippen molar-refractivity contribution in [2.45, 2.75) is 49.7 Å². The van der Waals surface area contributed by atoms with Crippen LogP contribution in [0, 0.1) is 0 Å². The Labute approximate surface area is 187 Å². The summed E-state index contributed by atoms with van der Waals surface area (Å²) in [6.07, 6.45) is 1.18. The molecule has 0 saturated heterocycles. The number of nitrogens with one attached hydrogen (secondary N) is 1. The molecule has 0 aliphatic carbocycles. The van der Waals surface area contributed by atoms with Gasteiger partial charge < -0.3 is 19.6 Å². The maximum Gasteiger partial charge on any atom is 0.244 e. The van der Waals surface area contributed by atoms with Crippen LogP contribution in [-0.4, -0.2) is 56.3 Å². The summed E-state index contributed by atoms with van der Waals surface area (Å²) >= 11 is 0. The van der Waals surface area contributed by atoms with E-state index < -0.39 is 34.1 Å². The zero-order valence-corrected chi connectivity index (χ0v) is 18.8. The molecule has 2 aliphatic heterocycles. The predicted octanol–water partition coefficient (Wildman–Crippen LogP) is 1.71. The smallest absolute Gasteiger partial charge is 0.244 e. The van der Waals surface area contributed by atoms with Crippen molar-refractivity contribution in [1.29, 1.82) is 0 Å². The van der Waals surface area contributed by atoms with Crippen molar-refractivity contribution in [2.75, 3.05) is 13.2 Å². The lowest BCUT2D eigenvalue weighted by Crippen LogP contribution is -2.57. The van der Waals surface area contributed by atoms with Gasteiger partial charge >= 0.3 is 0 Å². The van der Waals surface area contributed by atoms with Crippen molar-refractivity contribution in [1.82, 2.24) is 9.62 Å². The summed E-state index contributed by atoms with van der Waals surface area (Å²) in [4.78, 5) is 25.0. The van der Waals surface area contributed by atoms with Gasteiger partial charge in [-0.25, -0.2) is 8.42 Å². The predicted molar refractivity (Wildman–Crippen MR) is 117 cm³/mol. The lowest BCUT2D eigenvalue weighted by atomic mass is 10.0. The summed E-state index contributed by atoms with van der Waals surface area (Å²) in [7, 11) is -3.96. The maximum absolute atomic E-state index is 13.5. The number of rotatable bonds is 6. The Balaban J connectivity index is 1.64. The molecule has 0 aromatic heterocycles. The number of nitrogens with zero attached hydrogens (tertiary/aromatic N) is 1. The van der Waals surface area contributed by atoms with Crippen LogP contribution in [0.15, 0.2) is 47.4 Å². The zero-order valence-electron chi connectivity index (χ0n) is 18.0. The van der Waals surface area contributed by atoms with E-state index in [0.29, 0.717) is 43.0 Å². The van der Waals surface area contributed by atoms with Gasteiger partial charge in [-0.2, -0.15) is 4.31 Å². The Kier molecular flexibility index (Phi) is 6.21. The molecule has 1 unspecified atom stereocenters. The summed E-state index contributed by atoms with van der Waals surface area (Å²) in [6, 6.07) is 10.2. The number of amides is 1. The summed E-state index contributed by atoms with van der Waals surface area (Å²) in [5, 5.41) is 2.73. The monoisotopic (exact) mass is 458 g/mol. The standard InChI is InChI=1S/C23H26N2O6S/c1-15(2)25-19(23(27)24-18(14-26)10-16-6-4-3-5-7-16)11-17-12-20-21(31-9-8-30-20)13-22(17)32(25,28)29/h3-7,12-15,18-19H,8-11H2,1-2H3,(H,24,27)/t18-,19?/m0/s1. The lowest BCUT2D eigenvalue weighted by molar-refractivity contribution is -0.127. The fourth-order valence-electron chi connectivity index (χ4n) is 4.22. The normalized spacial score (nSPS) is 20.3. The Hall–Kier alpha value is -2.91. The quantitative estimate of drug-likeness (QED) is 0.662. The van der Waals surface area contributed by atoms with Crippen LogP contribution in [0.5, 0.6) is 11.5 Å². The first-order chi connectivity index (χ1) is 15.3. The van der Waals surface area contributed by atoms with Crippen molar-refractivity contribution >= 4 is 22.2 Å². The Morgan fingerprint density at radius 3 is 2.44 bits per heavy atom. The molecule has 2 heterocycles. The van der Waals surface area contributed by atoms with Gasteiger partial charge in [0.05, 0.1) is 10.9 Å². The molecule has 4 rings (SSSR count). The SMILES string of the molecule is CC(C)N1C(C(=O)N[C@H](C=O)Cc2ccccc2)Cc2cc3c(cc2S1(=O)=O)OCCO3. The van der Waals surface area contributed by atoms with Gasteiger partial charge in [-0.3, -0.25) is 4.79 Å². The Morgan fingerprint density at radius 1 is 1.16 bits per heavy atom. The van der Waals surface area contributed by atoms with Gasteiger partial charge in [0.2, 0.25) is 15.9 Å².